The Morgan fingerprint density at radius 1 is 1.32 bits per heavy atom. The Morgan fingerprint density at radius 3 is 2.26 bits per heavy atom. The van der Waals surface area contributed by atoms with Gasteiger partial charge >= 0.3 is 16.2 Å². The number of benzene rings is 1. The van der Waals surface area contributed by atoms with Crippen LogP contribution in [0, 0.1) is 0 Å². The lowest BCUT2D eigenvalue weighted by Gasteiger charge is -2.14. The van der Waals surface area contributed by atoms with E-state index in [1.54, 1.807) is 24.3 Å². The maximum Gasteiger partial charge on any atom is 0.303 e. The molecule has 0 fully saturated rings. The second kappa shape index (κ2) is 6.03. The van der Waals surface area contributed by atoms with Gasteiger partial charge in [-0.05, 0) is 23.6 Å². The van der Waals surface area contributed by atoms with E-state index >= 15 is 0 Å². The summed E-state index contributed by atoms with van der Waals surface area (Å²) in [4.78, 5) is 10.6. The molecule has 1 rings (SSSR count). The number of anilines is 1. The molecule has 0 aromatic heterocycles. The molecule has 0 bridgehead atoms. The van der Waals surface area contributed by atoms with Gasteiger partial charge in [0.1, 0.15) is 0 Å². The predicted molar refractivity (Wildman–Crippen MR) is 73.3 cm³/mol. The number of carboxylic acids is 1. The van der Waals surface area contributed by atoms with E-state index in [-0.39, 0.29) is 12.3 Å². The molecule has 0 spiro atoms. The summed E-state index contributed by atoms with van der Waals surface area (Å²) in [5, 5.41) is 8.72. The number of carboxylic acid groups (broad SMARTS) is 1. The van der Waals surface area contributed by atoms with Crippen LogP contribution in [0.25, 0.3) is 0 Å². The van der Waals surface area contributed by atoms with Crippen molar-refractivity contribution in [3.8, 4) is 0 Å². The van der Waals surface area contributed by atoms with Crippen molar-refractivity contribution < 1.29 is 18.3 Å². The highest BCUT2D eigenvalue weighted by atomic mass is 32.2. The highest BCUT2D eigenvalue weighted by molar-refractivity contribution is 7.90. The van der Waals surface area contributed by atoms with Crippen molar-refractivity contribution in [1.29, 1.82) is 0 Å². The van der Waals surface area contributed by atoms with Gasteiger partial charge < -0.3 is 5.11 Å². The van der Waals surface area contributed by atoms with Crippen LogP contribution in [0.4, 0.5) is 5.69 Å². The number of hydrogen-bond donors (Lipinski definition) is 2. The van der Waals surface area contributed by atoms with Gasteiger partial charge in [0.25, 0.3) is 0 Å². The molecular formula is C12H18N2O4S. The lowest BCUT2D eigenvalue weighted by atomic mass is 9.98. The molecule has 0 aliphatic carbocycles. The molecule has 106 valence electrons. The number of carbonyl (C=O) groups is 1. The number of rotatable bonds is 6. The van der Waals surface area contributed by atoms with Gasteiger partial charge in [0.05, 0.1) is 6.42 Å². The van der Waals surface area contributed by atoms with Gasteiger partial charge in [0.2, 0.25) is 0 Å². The summed E-state index contributed by atoms with van der Waals surface area (Å²) in [6.45, 7) is 1.81. The number of nitrogens with zero attached hydrogens (tertiary/aromatic N) is 1. The molecule has 2 N–H and O–H groups in total. The second-order valence-electron chi connectivity index (χ2n) is 4.51. The average molecular weight is 286 g/mol. The normalized spacial score (nSPS) is 13.3. The van der Waals surface area contributed by atoms with Gasteiger partial charge in [-0.2, -0.15) is 12.7 Å². The SMILES string of the molecule is CC(CC(=O)O)c1ccc(NS(=O)(=O)N(C)C)cc1. The van der Waals surface area contributed by atoms with Crippen molar-refractivity contribution in [3.63, 3.8) is 0 Å². The molecule has 0 heterocycles. The second-order valence-corrected chi connectivity index (χ2v) is 6.39. The molecule has 0 amide bonds. The third-order valence-electron chi connectivity index (χ3n) is 2.69. The topological polar surface area (TPSA) is 86.7 Å². The predicted octanol–water partition coefficient (Wildman–Crippen LogP) is 1.48. The van der Waals surface area contributed by atoms with Crippen LogP contribution >= 0.6 is 0 Å². The van der Waals surface area contributed by atoms with Crippen LogP contribution in [-0.4, -0.2) is 37.9 Å². The van der Waals surface area contributed by atoms with Crippen molar-refractivity contribution >= 4 is 21.9 Å². The van der Waals surface area contributed by atoms with Gasteiger partial charge in [-0.1, -0.05) is 19.1 Å². The Hall–Kier alpha value is -1.60. The van der Waals surface area contributed by atoms with E-state index in [0.29, 0.717) is 5.69 Å². The third-order valence-corrected chi connectivity index (χ3v) is 4.14. The third kappa shape index (κ3) is 4.53. The van der Waals surface area contributed by atoms with E-state index in [0.717, 1.165) is 9.87 Å². The van der Waals surface area contributed by atoms with Crippen LogP contribution in [0.3, 0.4) is 0 Å². The molecular weight excluding hydrogens is 268 g/mol. The fourth-order valence-corrected chi connectivity index (χ4v) is 2.12. The zero-order valence-corrected chi connectivity index (χ0v) is 11.9. The van der Waals surface area contributed by atoms with E-state index in [1.807, 2.05) is 6.92 Å². The Labute approximate surface area is 113 Å². The lowest BCUT2D eigenvalue weighted by molar-refractivity contribution is -0.137. The van der Waals surface area contributed by atoms with E-state index in [4.69, 9.17) is 5.11 Å². The van der Waals surface area contributed by atoms with Crippen molar-refractivity contribution in [2.24, 2.45) is 0 Å². The fourth-order valence-electron chi connectivity index (χ4n) is 1.50. The summed E-state index contributed by atoms with van der Waals surface area (Å²) in [6, 6.07) is 6.69. The standard InChI is InChI=1S/C12H18N2O4S/c1-9(8-12(15)16)10-4-6-11(7-5-10)13-19(17,18)14(2)3/h4-7,9,13H,8H2,1-3H3,(H,15,16). The Bertz CT molecular complexity index is 537. The van der Waals surface area contributed by atoms with Crippen LogP contribution < -0.4 is 4.72 Å². The van der Waals surface area contributed by atoms with Crippen LogP contribution in [0.5, 0.6) is 0 Å². The molecule has 0 aliphatic heterocycles. The maximum absolute atomic E-state index is 11.6. The summed E-state index contributed by atoms with van der Waals surface area (Å²) >= 11 is 0. The van der Waals surface area contributed by atoms with Gasteiger partial charge in [-0.3, -0.25) is 9.52 Å². The summed E-state index contributed by atoms with van der Waals surface area (Å²) in [6.07, 6.45) is 0.0444. The first-order valence-corrected chi connectivity index (χ1v) is 7.18. The molecule has 7 heteroatoms. The molecule has 19 heavy (non-hydrogen) atoms. The summed E-state index contributed by atoms with van der Waals surface area (Å²) in [5.74, 6) is -0.970. The smallest absolute Gasteiger partial charge is 0.303 e. The number of hydrogen-bond acceptors (Lipinski definition) is 3. The Balaban J connectivity index is 2.80. The lowest BCUT2D eigenvalue weighted by Crippen LogP contribution is -2.28. The monoisotopic (exact) mass is 286 g/mol. The zero-order chi connectivity index (χ0) is 14.6. The summed E-state index contributed by atoms with van der Waals surface area (Å²) < 4.78 is 26.7. The largest absolute Gasteiger partial charge is 0.481 e. The molecule has 1 atom stereocenters. The minimum atomic E-state index is -3.51. The van der Waals surface area contributed by atoms with E-state index < -0.39 is 16.2 Å². The molecule has 1 aromatic carbocycles. The first-order chi connectivity index (χ1) is 8.72. The van der Waals surface area contributed by atoms with Crippen LogP contribution in [0.2, 0.25) is 0 Å². The van der Waals surface area contributed by atoms with Gasteiger partial charge in [0.15, 0.2) is 0 Å². The highest BCUT2D eigenvalue weighted by Gasteiger charge is 2.14. The van der Waals surface area contributed by atoms with Crippen molar-refractivity contribution in [3.05, 3.63) is 29.8 Å². The van der Waals surface area contributed by atoms with Crippen LogP contribution in [-0.2, 0) is 15.0 Å². The minimum Gasteiger partial charge on any atom is -0.481 e. The van der Waals surface area contributed by atoms with Crippen molar-refractivity contribution in [1.82, 2.24) is 4.31 Å². The minimum absolute atomic E-state index is 0.0444. The molecule has 0 aliphatic rings. The first kappa shape index (κ1) is 15.5. The molecule has 1 aromatic rings. The quantitative estimate of drug-likeness (QED) is 0.829. The zero-order valence-electron chi connectivity index (χ0n) is 11.1. The van der Waals surface area contributed by atoms with Gasteiger partial charge in [0, 0.05) is 19.8 Å². The highest BCUT2D eigenvalue weighted by Crippen LogP contribution is 2.21. The fraction of sp³-hybridized carbons (Fsp3) is 0.417. The van der Waals surface area contributed by atoms with E-state index in [2.05, 4.69) is 4.72 Å². The van der Waals surface area contributed by atoms with Gasteiger partial charge in [-0.15, -0.1) is 0 Å². The van der Waals surface area contributed by atoms with Crippen LogP contribution in [0.1, 0.15) is 24.8 Å². The molecule has 0 radical (unpaired) electrons. The summed E-state index contributed by atoms with van der Waals surface area (Å²) in [5.41, 5.74) is 1.30. The van der Waals surface area contributed by atoms with Crippen LogP contribution in [0.15, 0.2) is 24.3 Å². The molecule has 1 unspecified atom stereocenters. The maximum atomic E-state index is 11.6. The number of nitrogens with one attached hydrogen (secondary N) is 1. The van der Waals surface area contributed by atoms with Gasteiger partial charge in [-0.25, -0.2) is 0 Å². The Kier molecular flexibility index (Phi) is 4.90. The van der Waals surface area contributed by atoms with Crippen molar-refractivity contribution in [2.45, 2.75) is 19.3 Å². The number of aliphatic carboxylic acids is 1. The first-order valence-electron chi connectivity index (χ1n) is 5.74. The Morgan fingerprint density at radius 2 is 1.84 bits per heavy atom. The van der Waals surface area contributed by atoms with E-state index in [1.165, 1.54) is 14.1 Å². The summed E-state index contributed by atoms with van der Waals surface area (Å²) in [7, 11) is -0.642. The van der Waals surface area contributed by atoms with Crippen molar-refractivity contribution in [2.75, 3.05) is 18.8 Å². The molecule has 6 nitrogen and oxygen atoms in total. The molecule has 0 saturated carbocycles. The molecule has 0 saturated heterocycles. The average Bonchev–Trinajstić information content (AvgIpc) is 2.28. The van der Waals surface area contributed by atoms with E-state index in [9.17, 15) is 13.2 Å².